The second kappa shape index (κ2) is 6.29. The summed E-state index contributed by atoms with van der Waals surface area (Å²) in [5.41, 5.74) is 0. The molecule has 0 spiro atoms. The van der Waals surface area contributed by atoms with E-state index in [0.717, 1.165) is 0 Å². The van der Waals surface area contributed by atoms with E-state index < -0.39 is 29.9 Å². The summed E-state index contributed by atoms with van der Waals surface area (Å²) < 4.78 is 0. The Morgan fingerprint density at radius 3 is 1.00 bits per heavy atom. The summed E-state index contributed by atoms with van der Waals surface area (Å²) in [4.78, 5) is 0. The van der Waals surface area contributed by atoms with Gasteiger partial charge in [-0.15, -0.1) is 0 Å². The van der Waals surface area contributed by atoms with Crippen LogP contribution in [0.3, 0.4) is 0 Å². The summed E-state index contributed by atoms with van der Waals surface area (Å²) in [5.74, 6) is 15.1. The predicted octanol–water partition coefficient (Wildman–Crippen LogP) is 0.885. The van der Waals surface area contributed by atoms with Gasteiger partial charge in [0.05, 0.1) is 8.41 Å². The molecular formula is H3BCl3Nd. The van der Waals surface area contributed by atoms with E-state index in [0.29, 0.717) is 0 Å². The van der Waals surface area contributed by atoms with Crippen LogP contribution in [0.1, 0.15) is 0 Å². The normalized spacial score (nSPS) is 5.40. The Morgan fingerprint density at radius 1 is 1.00 bits per heavy atom. The molecule has 0 atom stereocenters. The third kappa shape index (κ3) is 22.1. The van der Waals surface area contributed by atoms with Gasteiger partial charge in [-0.2, -0.15) is 0 Å². The Labute approximate surface area is 54.4 Å². The van der Waals surface area contributed by atoms with Gasteiger partial charge in [-0.1, -0.05) is 0 Å². The molecule has 0 amide bonds. The zero-order chi connectivity index (χ0) is 3.58. The molecule has 0 bridgehead atoms. The molecule has 0 aromatic heterocycles. The van der Waals surface area contributed by atoms with Gasteiger partial charge in [0.15, 0.2) is 0 Å². The van der Waals surface area contributed by atoms with Crippen LogP contribution in [0.25, 0.3) is 0 Å². The fraction of sp³-hybridized carbons (Fsp3) is 0. The molecule has 0 unspecified atom stereocenters. The van der Waals surface area contributed by atoms with Crippen LogP contribution in [0.5, 0.6) is 0 Å². The average molecular weight is 264 g/mol. The van der Waals surface area contributed by atoms with E-state index in [1.165, 1.54) is 0 Å². The molecule has 0 saturated heterocycles. The third-order valence-electron chi connectivity index (χ3n) is 0. The van der Waals surface area contributed by atoms with E-state index in [-0.39, 0.29) is 8.41 Å². The summed E-state index contributed by atoms with van der Waals surface area (Å²) >= 11 is -2.24. The van der Waals surface area contributed by atoms with Gasteiger partial charge in [0.1, 0.15) is 0 Å². The molecule has 0 aliphatic heterocycles. The van der Waals surface area contributed by atoms with Crippen molar-refractivity contribution < 1.29 is 29.9 Å². The minimum atomic E-state index is -2.24. The van der Waals surface area contributed by atoms with Crippen LogP contribution in [-0.4, -0.2) is 8.41 Å². The standard InChI is InChI=1S/BH3.3ClH.Nd/h1H3;3*1H;/q;;;;+3/p-3. The Hall–Kier alpha value is 2.29. The van der Waals surface area contributed by atoms with Gasteiger partial charge in [0.2, 0.25) is 0 Å². The Balaban J connectivity index is 0. The van der Waals surface area contributed by atoms with Crippen molar-refractivity contribution in [1.82, 2.24) is 0 Å². The molecule has 5 heteroatoms. The van der Waals surface area contributed by atoms with Crippen LogP contribution >= 0.6 is 17.4 Å². The topological polar surface area (TPSA) is 0 Å². The van der Waals surface area contributed by atoms with E-state index in [9.17, 15) is 0 Å². The van der Waals surface area contributed by atoms with Crippen molar-refractivity contribution >= 4 is 25.8 Å². The number of hydrogen-bond donors (Lipinski definition) is 0. The summed E-state index contributed by atoms with van der Waals surface area (Å²) in [7, 11) is 0. The fourth-order valence-electron chi connectivity index (χ4n) is 0. The quantitative estimate of drug-likeness (QED) is 0.570. The molecule has 0 radical (unpaired) electrons. The van der Waals surface area contributed by atoms with Crippen LogP contribution < -0.4 is 0 Å². The first-order valence-corrected chi connectivity index (χ1v) is 12.6. The molecule has 0 aromatic rings. The minimum absolute atomic E-state index is 0. The van der Waals surface area contributed by atoms with E-state index in [1.807, 2.05) is 0 Å². The van der Waals surface area contributed by atoms with Gasteiger partial charge in [0.25, 0.3) is 0 Å². The zero-order valence-corrected chi connectivity index (χ0v) is 7.11. The molecule has 0 heterocycles. The van der Waals surface area contributed by atoms with Crippen molar-refractivity contribution in [2.45, 2.75) is 0 Å². The summed E-state index contributed by atoms with van der Waals surface area (Å²) in [5, 5.41) is 0. The predicted molar refractivity (Wildman–Crippen MR) is 27.5 cm³/mol. The molecular weight excluding hydrogens is 261 g/mol. The van der Waals surface area contributed by atoms with Crippen LogP contribution in [0, 0.1) is 29.9 Å². The van der Waals surface area contributed by atoms with Crippen molar-refractivity contribution in [2.75, 3.05) is 0 Å². The number of rotatable bonds is 0. The van der Waals surface area contributed by atoms with Gasteiger partial charge in [0, 0.05) is 0 Å². The molecule has 0 saturated carbocycles. The second-order valence-electron chi connectivity index (χ2n) is 0.214. The number of halogens is 3. The molecule has 0 aromatic carbocycles. The van der Waals surface area contributed by atoms with Crippen LogP contribution in [0.2, 0.25) is 0 Å². The Kier molecular flexibility index (Phi) is 13.0. The first-order chi connectivity index (χ1) is 1.73. The SMILES string of the molecule is B.[Cl][Nd]([Cl])[Cl]. The third-order valence-corrected chi connectivity index (χ3v) is 0. The van der Waals surface area contributed by atoms with Crippen molar-refractivity contribution in [3.63, 3.8) is 0 Å². The monoisotopic (exact) mass is 261 g/mol. The molecule has 0 rings (SSSR count). The van der Waals surface area contributed by atoms with Crippen LogP contribution in [0.15, 0.2) is 0 Å². The van der Waals surface area contributed by atoms with Gasteiger partial charge in [-0.05, 0) is 0 Å². The first kappa shape index (κ1) is 10.3. The molecule has 0 N–H and O–H groups in total. The van der Waals surface area contributed by atoms with Crippen LogP contribution in [-0.2, 0) is 0 Å². The summed E-state index contributed by atoms with van der Waals surface area (Å²) in [6.07, 6.45) is 0. The van der Waals surface area contributed by atoms with Crippen molar-refractivity contribution in [2.24, 2.45) is 0 Å². The van der Waals surface area contributed by atoms with Gasteiger partial charge < -0.3 is 0 Å². The van der Waals surface area contributed by atoms with Gasteiger partial charge in [-0.25, -0.2) is 0 Å². The fourth-order valence-corrected chi connectivity index (χ4v) is 0. The van der Waals surface area contributed by atoms with Gasteiger partial charge in [-0.3, -0.25) is 0 Å². The van der Waals surface area contributed by atoms with Gasteiger partial charge >= 0.3 is 47.3 Å². The Morgan fingerprint density at radius 2 is 1.00 bits per heavy atom. The van der Waals surface area contributed by atoms with Crippen molar-refractivity contribution in [3.05, 3.63) is 0 Å². The average Bonchev–Trinajstić information content (AvgIpc) is 0.811. The molecule has 5 heavy (non-hydrogen) atoms. The maximum absolute atomic E-state index is 5.02. The maximum atomic E-state index is 5.02. The molecule has 0 aliphatic rings. The van der Waals surface area contributed by atoms with Crippen molar-refractivity contribution in [3.8, 4) is 0 Å². The second-order valence-corrected chi connectivity index (χ2v) is 14.3. The van der Waals surface area contributed by atoms with Crippen molar-refractivity contribution in [1.29, 1.82) is 0 Å². The molecule has 0 nitrogen and oxygen atoms in total. The Bertz CT molecular complexity index is 11.6. The van der Waals surface area contributed by atoms with E-state index in [1.54, 1.807) is 0 Å². The van der Waals surface area contributed by atoms with E-state index in [4.69, 9.17) is 17.4 Å². The molecule has 31 valence electrons. The van der Waals surface area contributed by atoms with E-state index >= 15 is 0 Å². The number of hydrogen-bond acceptors (Lipinski definition) is 0. The van der Waals surface area contributed by atoms with E-state index in [2.05, 4.69) is 0 Å². The zero-order valence-electron chi connectivity index (χ0n) is 1.63. The molecule has 0 fully saturated rings. The van der Waals surface area contributed by atoms with Crippen LogP contribution in [0.4, 0.5) is 0 Å². The summed E-state index contributed by atoms with van der Waals surface area (Å²) in [6, 6.07) is 0. The molecule has 0 aliphatic carbocycles. The first-order valence-electron chi connectivity index (χ1n) is 0.567. The summed E-state index contributed by atoms with van der Waals surface area (Å²) in [6.45, 7) is 0.